The molecule has 0 aliphatic carbocycles. The van der Waals surface area contributed by atoms with Crippen LogP contribution in [0.2, 0.25) is 0 Å². The number of aryl methyl sites for hydroxylation is 1. The van der Waals surface area contributed by atoms with Crippen LogP contribution in [0.5, 0.6) is 0 Å². The Bertz CT molecular complexity index is 490. The third-order valence-electron chi connectivity index (χ3n) is 2.00. The first-order valence-electron chi connectivity index (χ1n) is 4.09. The molecule has 2 rings (SSSR count). The Kier molecular flexibility index (Phi) is 1.92. The van der Waals surface area contributed by atoms with Gasteiger partial charge in [-0.3, -0.25) is 4.68 Å². The van der Waals surface area contributed by atoms with Gasteiger partial charge in [0.15, 0.2) is 0 Å². The summed E-state index contributed by atoms with van der Waals surface area (Å²) < 4.78 is 6.26. The number of aromatic nitrogens is 3. The molecule has 0 saturated carbocycles. The molecule has 0 bridgehead atoms. The third-order valence-corrected chi connectivity index (χ3v) is 2.00. The zero-order valence-corrected chi connectivity index (χ0v) is 7.89. The first kappa shape index (κ1) is 8.68. The van der Waals surface area contributed by atoms with Crippen molar-refractivity contribution in [2.45, 2.75) is 0 Å². The molecule has 2 aromatic rings. The number of fused-ring (bicyclic) bond motifs is 1. The SMILES string of the molecule is COC(=O)c1ccc2c(cnn2C)n1. The summed E-state index contributed by atoms with van der Waals surface area (Å²) in [6.07, 6.45) is 1.61. The lowest BCUT2D eigenvalue weighted by molar-refractivity contribution is 0.0594. The summed E-state index contributed by atoms with van der Waals surface area (Å²) in [7, 11) is 3.15. The van der Waals surface area contributed by atoms with E-state index in [2.05, 4.69) is 14.8 Å². The van der Waals surface area contributed by atoms with Crippen molar-refractivity contribution in [3.8, 4) is 0 Å². The van der Waals surface area contributed by atoms with E-state index in [1.54, 1.807) is 23.0 Å². The standard InChI is InChI=1S/C9H9N3O2/c1-12-8-4-3-6(9(13)14-2)11-7(8)5-10-12/h3-5H,1-2H3. The second-order valence-corrected chi connectivity index (χ2v) is 2.86. The van der Waals surface area contributed by atoms with Gasteiger partial charge in [-0.05, 0) is 12.1 Å². The van der Waals surface area contributed by atoms with Gasteiger partial charge in [0.05, 0.1) is 18.8 Å². The zero-order chi connectivity index (χ0) is 10.1. The molecule has 0 saturated heterocycles. The van der Waals surface area contributed by atoms with E-state index in [4.69, 9.17) is 0 Å². The van der Waals surface area contributed by atoms with Crippen LogP contribution in [0.4, 0.5) is 0 Å². The molecule has 2 aromatic heterocycles. The molecule has 0 aliphatic rings. The Hall–Kier alpha value is -1.91. The van der Waals surface area contributed by atoms with Gasteiger partial charge in [0.1, 0.15) is 11.2 Å². The molecule has 0 unspecified atom stereocenters. The zero-order valence-electron chi connectivity index (χ0n) is 7.89. The van der Waals surface area contributed by atoms with Gasteiger partial charge in [0, 0.05) is 7.05 Å². The summed E-state index contributed by atoms with van der Waals surface area (Å²) in [6.45, 7) is 0. The van der Waals surface area contributed by atoms with Crippen LogP contribution >= 0.6 is 0 Å². The topological polar surface area (TPSA) is 57.0 Å². The maximum Gasteiger partial charge on any atom is 0.356 e. The molecule has 0 spiro atoms. The fraction of sp³-hybridized carbons (Fsp3) is 0.222. The molecule has 5 heteroatoms. The molecule has 0 radical (unpaired) electrons. The van der Waals surface area contributed by atoms with E-state index in [1.165, 1.54) is 7.11 Å². The second kappa shape index (κ2) is 3.10. The summed E-state index contributed by atoms with van der Waals surface area (Å²) in [6, 6.07) is 3.41. The Balaban J connectivity index is 2.57. The normalized spacial score (nSPS) is 10.4. The summed E-state index contributed by atoms with van der Waals surface area (Å²) >= 11 is 0. The van der Waals surface area contributed by atoms with E-state index in [1.807, 2.05) is 7.05 Å². The quantitative estimate of drug-likeness (QED) is 0.624. The van der Waals surface area contributed by atoms with Crippen molar-refractivity contribution in [3.05, 3.63) is 24.0 Å². The second-order valence-electron chi connectivity index (χ2n) is 2.86. The number of hydrogen-bond donors (Lipinski definition) is 0. The van der Waals surface area contributed by atoms with Crippen LogP contribution < -0.4 is 0 Å². The van der Waals surface area contributed by atoms with Gasteiger partial charge in [-0.1, -0.05) is 0 Å². The molecule has 14 heavy (non-hydrogen) atoms. The highest BCUT2D eigenvalue weighted by molar-refractivity contribution is 5.90. The number of nitrogens with zero attached hydrogens (tertiary/aromatic N) is 3. The Labute approximate surface area is 80.3 Å². The van der Waals surface area contributed by atoms with E-state index < -0.39 is 5.97 Å². The Morgan fingerprint density at radius 2 is 2.29 bits per heavy atom. The van der Waals surface area contributed by atoms with E-state index in [0.29, 0.717) is 11.2 Å². The van der Waals surface area contributed by atoms with Gasteiger partial charge in [-0.25, -0.2) is 9.78 Å². The number of pyridine rings is 1. The van der Waals surface area contributed by atoms with Crippen LogP contribution in [0.15, 0.2) is 18.3 Å². The first-order chi connectivity index (χ1) is 6.72. The fourth-order valence-corrected chi connectivity index (χ4v) is 1.26. The monoisotopic (exact) mass is 191 g/mol. The van der Waals surface area contributed by atoms with Gasteiger partial charge < -0.3 is 4.74 Å². The molecule has 5 nitrogen and oxygen atoms in total. The minimum absolute atomic E-state index is 0.299. The lowest BCUT2D eigenvalue weighted by Gasteiger charge is -1.98. The molecular formula is C9H9N3O2. The van der Waals surface area contributed by atoms with E-state index >= 15 is 0 Å². The lowest BCUT2D eigenvalue weighted by atomic mass is 10.3. The highest BCUT2D eigenvalue weighted by atomic mass is 16.5. The maximum absolute atomic E-state index is 11.2. The van der Waals surface area contributed by atoms with Crippen LogP contribution in [0, 0.1) is 0 Å². The third kappa shape index (κ3) is 1.22. The number of carbonyl (C=O) groups is 1. The minimum Gasteiger partial charge on any atom is -0.464 e. The van der Waals surface area contributed by atoms with Crippen molar-refractivity contribution in [1.29, 1.82) is 0 Å². The molecule has 2 heterocycles. The number of hydrogen-bond acceptors (Lipinski definition) is 4. The van der Waals surface area contributed by atoms with E-state index in [9.17, 15) is 4.79 Å². The molecule has 0 aromatic carbocycles. The lowest BCUT2D eigenvalue weighted by Crippen LogP contribution is -2.03. The fourth-order valence-electron chi connectivity index (χ4n) is 1.26. The van der Waals surface area contributed by atoms with Crippen molar-refractivity contribution in [1.82, 2.24) is 14.8 Å². The Morgan fingerprint density at radius 1 is 1.50 bits per heavy atom. The van der Waals surface area contributed by atoms with Crippen LogP contribution in [-0.2, 0) is 11.8 Å². The van der Waals surface area contributed by atoms with Crippen molar-refractivity contribution >= 4 is 17.0 Å². The predicted molar refractivity (Wildman–Crippen MR) is 49.8 cm³/mol. The predicted octanol–water partition coefficient (Wildman–Crippen LogP) is 0.755. The van der Waals surface area contributed by atoms with Gasteiger partial charge in [-0.2, -0.15) is 5.10 Å². The van der Waals surface area contributed by atoms with Gasteiger partial charge in [-0.15, -0.1) is 0 Å². The highest BCUT2D eigenvalue weighted by Gasteiger charge is 2.09. The van der Waals surface area contributed by atoms with Crippen LogP contribution in [-0.4, -0.2) is 27.8 Å². The largest absolute Gasteiger partial charge is 0.464 e. The smallest absolute Gasteiger partial charge is 0.356 e. The summed E-state index contributed by atoms with van der Waals surface area (Å²) in [5.74, 6) is -0.434. The molecular weight excluding hydrogens is 182 g/mol. The maximum atomic E-state index is 11.2. The Morgan fingerprint density at radius 3 is 3.00 bits per heavy atom. The first-order valence-corrected chi connectivity index (χ1v) is 4.09. The van der Waals surface area contributed by atoms with Crippen LogP contribution in [0.3, 0.4) is 0 Å². The number of rotatable bonds is 1. The minimum atomic E-state index is -0.434. The summed E-state index contributed by atoms with van der Waals surface area (Å²) in [5, 5.41) is 4.02. The molecule has 0 N–H and O–H groups in total. The van der Waals surface area contributed by atoms with Crippen molar-refractivity contribution in [2.75, 3.05) is 7.11 Å². The highest BCUT2D eigenvalue weighted by Crippen LogP contribution is 2.11. The number of carbonyl (C=O) groups excluding carboxylic acids is 1. The average Bonchev–Trinajstić information content (AvgIpc) is 2.59. The molecule has 0 amide bonds. The molecule has 72 valence electrons. The van der Waals surface area contributed by atoms with Crippen LogP contribution in [0.25, 0.3) is 11.0 Å². The van der Waals surface area contributed by atoms with Crippen molar-refractivity contribution in [2.24, 2.45) is 7.05 Å². The van der Waals surface area contributed by atoms with Gasteiger partial charge in [0.2, 0.25) is 0 Å². The number of methoxy groups -OCH3 is 1. The number of ether oxygens (including phenoxy) is 1. The number of esters is 1. The van der Waals surface area contributed by atoms with E-state index in [-0.39, 0.29) is 0 Å². The van der Waals surface area contributed by atoms with E-state index in [0.717, 1.165) is 5.52 Å². The summed E-state index contributed by atoms with van der Waals surface area (Å²) in [5.41, 5.74) is 1.88. The molecule has 0 aliphatic heterocycles. The van der Waals surface area contributed by atoms with Gasteiger partial charge >= 0.3 is 5.97 Å². The van der Waals surface area contributed by atoms with Crippen LogP contribution in [0.1, 0.15) is 10.5 Å². The molecule has 0 fully saturated rings. The summed E-state index contributed by atoms with van der Waals surface area (Å²) in [4.78, 5) is 15.3. The van der Waals surface area contributed by atoms with Crippen molar-refractivity contribution < 1.29 is 9.53 Å². The van der Waals surface area contributed by atoms with Crippen molar-refractivity contribution in [3.63, 3.8) is 0 Å². The molecule has 0 atom stereocenters. The average molecular weight is 191 g/mol. The van der Waals surface area contributed by atoms with Gasteiger partial charge in [0.25, 0.3) is 0 Å².